The monoisotopic (exact) mass is 264 g/mol. The molecule has 2 nitrogen and oxygen atoms in total. The van der Waals surface area contributed by atoms with Crippen molar-refractivity contribution < 1.29 is 9.52 Å². The summed E-state index contributed by atoms with van der Waals surface area (Å²) >= 11 is 0. The van der Waals surface area contributed by atoms with Gasteiger partial charge in [0.15, 0.2) is 0 Å². The SMILES string of the molecule is CCCCCCCCCC1(O)CCCc2occc21. The van der Waals surface area contributed by atoms with E-state index in [9.17, 15) is 5.11 Å². The van der Waals surface area contributed by atoms with Gasteiger partial charge < -0.3 is 9.52 Å². The van der Waals surface area contributed by atoms with Crippen LogP contribution in [0.3, 0.4) is 0 Å². The number of fused-ring (bicyclic) bond motifs is 1. The second-order valence-corrected chi connectivity index (χ2v) is 6.01. The van der Waals surface area contributed by atoms with Crippen LogP contribution in [0.1, 0.15) is 82.5 Å². The van der Waals surface area contributed by atoms with Crippen LogP contribution in [0, 0.1) is 0 Å². The van der Waals surface area contributed by atoms with E-state index in [1.54, 1.807) is 6.26 Å². The fourth-order valence-corrected chi connectivity index (χ4v) is 3.26. The number of aliphatic hydroxyl groups is 1. The Morgan fingerprint density at radius 1 is 1.16 bits per heavy atom. The predicted molar refractivity (Wildman–Crippen MR) is 78.2 cm³/mol. The molecule has 0 saturated heterocycles. The maximum atomic E-state index is 10.8. The van der Waals surface area contributed by atoms with Gasteiger partial charge in [-0.1, -0.05) is 51.9 Å². The molecule has 1 aromatic rings. The van der Waals surface area contributed by atoms with Gasteiger partial charge in [0.2, 0.25) is 0 Å². The molecule has 0 aromatic carbocycles. The van der Waals surface area contributed by atoms with Crippen molar-refractivity contribution in [2.45, 2.75) is 83.2 Å². The smallest absolute Gasteiger partial charge is 0.109 e. The van der Waals surface area contributed by atoms with Gasteiger partial charge in [-0.05, 0) is 25.3 Å². The van der Waals surface area contributed by atoms with Crippen molar-refractivity contribution in [1.82, 2.24) is 0 Å². The molecule has 108 valence electrons. The van der Waals surface area contributed by atoms with Crippen LogP contribution in [0.2, 0.25) is 0 Å². The standard InChI is InChI=1S/C17H28O2/c1-2-3-4-5-6-7-8-12-17(18)13-9-10-16-15(17)11-14-19-16/h11,14,18H,2-10,12-13H2,1H3. The summed E-state index contributed by atoms with van der Waals surface area (Å²) in [4.78, 5) is 0. The van der Waals surface area contributed by atoms with Crippen LogP contribution in [-0.2, 0) is 12.0 Å². The topological polar surface area (TPSA) is 33.4 Å². The lowest BCUT2D eigenvalue weighted by Gasteiger charge is -2.31. The highest BCUT2D eigenvalue weighted by Crippen LogP contribution is 2.39. The molecule has 1 N–H and O–H groups in total. The van der Waals surface area contributed by atoms with Crippen LogP contribution in [0.5, 0.6) is 0 Å². The van der Waals surface area contributed by atoms with E-state index in [4.69, 9.17) is 4.42 Å². The first-order valence-electron chi connectivity index (χ1n) is 8.05. The van der Waals surface area contributed by atoms with Crippen LogP contribution >= 0.6 is 0 Å². The summed E-state index contributed by atoms with van der Waals surface area (Å²) < 4.78 is 5.46. The first kappa shape index (κ1) is 14.6. The zero-order chi connectivity index (χ0) is 13.6. The van der Waals surface area contributed by atoms with Crippen molar-refractivity contribution in [1.29, 1.82) is 0 Å². The molecule has 2 rings (SSSR count). The van der Waals surface area contributed by atoms with E-state index in [-0.39, 0.29) is 0 Å². The molecular formula is C17H28O2. The molecule has 1 atom stereocenters. The Morgan fingerprint density at radius 3 is 2.68 bits per heavy atom. The van der Waals surface area contributed by atoms with Crippen molar-refractivity contribution in [3.05, 3.63) is 23.7 Å². The Bertz CT molecular complexity index is 369. The summed E-state index contributed by atoms with van der Waals surface area (Å²) in [5.41, 5.74) is 0.453. The van der Waals surface area contributed by atoms with Crippen LogP contribution < -0.4 is 0 Å². The Hall–Kier alpha value is -0.760. The van der Waals surface area contributed by atoms with Gasteiger partial charge in [0.25, 0.3) is 0 Å². The Labute approximate surface area is 117 Å². The molecule has 0 radical (unpaired) electrons. The minimum atomic E-state index is -0.607. The number of unbranched alkanes of at least 4 members (excludes halogenated alkanes) is 6. The fourth-order valence-electron chi connectivity index (χ4n) is 3.26. The Kier molecular flexibility index (Phi) is 5.50. The van der Waals surface area contributed by atoms with Crippen molar-refractivity contribution in [2.24, 2.45) is 0 Å². The summed E-state index contributed by atoms with van der Waals surface area (Å²) in [5, 5.41) is 10.8. The molecule has 1 heterocycles. The minimum Gasteiger partial charge on any atom is -0.469 e. The van der Waals surface area contributed by atoms with Gasteiger partial charge in [-0.15, -0.1) is 0 Å². The quantitative estimate of drug-likeness (QED) is 0.674. The number of hydrogen-bond acceptors (Lipinski definition) is 2. The Morgan fingerprint density at radius 2 is 1.89 bits per heavy atom. The van der Waals surface area contributed by atoms with E-state index in [1.165, 1.54) is 38.5 Å². The molecule has 0 bridgehead atoms. The molecule has 0 aliphatic heterocycles. The summed E-state index contributed by atoms with van der Waals surface area (Å²) in [6, 6.07) is 1.97. The van der Waals surface area contributed by atoms with Gasteiger partial charge in [0.05, 0.1) is 11.9 Å². The fraction of sp³-hybridized carbons (Fsp3) is 0.765. The molecule has 1 aliphatic rings. The van der Waals surface area contributed by atoms with E-state index in [2.05, 4.69) is 6.92 Å². The summed E-state index contributed by atoms with van der Waals surface area (Å²) in [5.74, 6) is 1.01. The predicted octanol–water partition coefficient (Wildman–Crippen LogP) is 4.94. The Balaban J connectivity index is 1.71. The maximum Gasteiger partial charge on any atom is 0.109 e. The normalized spacial score (nSPS) is 22.4. The molecule has 1 unspecified atom stereocenters. The third kappa shape index (κ3) is 3.85. The third-order valence-corrected chi connectivity index (χ3v) is 4.43. The molecule has 1 aliphatic carbocycles. The number of hydrogen-bond donors (Lipinski definition) is 1. The summed E-state index contributed by atoms with van der Waals surface area (Å²) in [7, 11) is 0. The van der Waals surface area contributed by atoms with Gasteiger partial charge in [-0.3, -0.25) is 0 Å². The molecule has 2 heteroatoms. The van der Waals surface area contributed by atoms with E-state index < -0.39 is 5.60 Å². The molecule has 0 saturated carbocycles. The highest BCUT2D eigenvalue weighted by Gasteiger charge is 2.35. The third-order valence-electron chi connectivity index (χ3n) is 4.43. The average molecular weight is 264 g/mol. The maximum absolute atomic E-state index is 10.8. The van der Waals surface area contributed by atoms with Gasteiger partial charge in [-0.2, -0.15) is 0 Å². The lowest BCUT2D eigenvalue weighted by molar-refractivity contribution is 0.00552. The number of furan rings is 1. The van der Waals surface area contributed by atoms with Crippen molar-refractivity contribution in [2.75, 3.05) is 0 Å². The van der Waals surface area contributed by atoms with Crippen LogP contribution in [0.25, 0.3) is 0 Å². The van der Waals surface area contributed by atoms with Gasteiger partial charge >= 0.3 is 0 Å². The van der Waals surface area contributed by atoms with E-state index in [0.717, 1.165) is 43.4 Å². The highest BCUT2D eigenvalue weighted by atomic mass is 16.3. The molecule has 19 heavy (non-hydrogen) atoms. The minimum absolute atomic E-state index is 0.607. The number of aryl methyl sites for hydroxylation is 1. The van der Waals surface area contributed by atoms with E-state index in [0.29, 0.717) is 0 Å². The molecule has 1 aromatic heterocycles. The second-order valence-electron chi connectivity index (χ2n) is 6.01. The van der Waals surface area contributed by atoms with Crippen molar-refractivity contribution in [3.8, 4) is 0 Å². The summed E-state index contributed by atoms with van der Waals surface area (Å²) in [6.07, 6.45) is 14.6. The lowest BCUT2D eigenvalue weighted by Crippen LogP contribution is -2.29. The van der Waals surface area contributed by atoms with E-state index in [1.807, 2.05) is 6.07 Å². The molecule has 0 fully saturated rings. The second kappa shape index (κ2) is 7.14. The van der Waals surface area contributed by atoms with Gasteiger partial charge in [0, 0.05) is 12.0 Å². The van der Waals surface area contributed by atoms with Crippen molar-refractivity contribution in [3.63, 3.8) is 0 Å². The largest absolute Gasteiger partial charge is 0.469 e. The lowest BCUT2D eigenvalue weighted by atomic mass is 9.79. The van der Waals surface area contributed by atoms with Crippen LogP contribution in [0.15, 0.2) is 16.7 Å². The van der Waals surface area contributed by atoms with Gasteiger partial charge in [-0.25, -0.2) is 0 Å². The molecule has 0 amide bonds. The highest BCUT2D eigenvalue weighted by molar-refractivity contribution is 5.27. The van der Waals surface area contributed by atoms with Crippen LogP contribution in [0.4, 0.5) is 0 Å². The van der Waals surface area contributed by atoms with Crippen molar-refractivity contribution >= 4 is 0 Å². The van der Waals surface area contributed by atoms with Crippen LogP contribution in [-0.4, -0.2) is 5.11 Å². The zero-order valence-corrected chi connectivity index (χ0v) is 12.3. The zero-order valence-electron chi connectivity index (χ0n) is 12.3. The first-order chi connectivity index (χ1) is 9.26. The number of rotatable bonds is 8. The summed E-state index contributed by atoms with van der Waals surface area (Å²) in [6.45, 7) is 2.25. The van der Waals surface area contributed by atoms with Gasteiger partial charge in [0.1, 0.15) is 5.76 Å². The van der Waals surface area contributed by atoms with E-state index >= 15 is 0 Å². The molecular weight excluding hydrogens is 236 g/mol. The average Bonchev–Trinajstić information content (AvgIpc) is 2.88. The first-order valence-corrected chi connectivity index (χ1v) is 8.05. The molecule has 0 spiro atoms.